The molecular formula is C25H20I2N4O4S. The van der Waals surface area contributed by atoms with Crippen LogP contribution in [0.4, 0.5) is 0 Å². The summed E-state index contributed by atoms with van der Waals surface area (Å²) >= 11 is 5.31. The molecule has 0 spiro atoms. The van der Waals surface area contributed by atoms with Crippen LogP contribution in [0.25, 0.3) is 16.6 Å². The van der Waals surface area contributed by atoms with E-state index in [-0.39, 0.29) is 23.0 Å². The lowest BCUT2D eigenvalue weighted by Crippen LogP contribution is -2.24. The molecule has 1 amide bonds. The second kappa shape index (κ2) is 12.1. The molecule has 11 heteroatoms. The SMILES string of the molecule is CCOc1ccc(-n2c(SCC(=O)N/N=C/c3cc(I)cc(I)c3O)nc3ccccc3c2=O)cc1. The smallest absolute Gasteiger partial charge is 0.266 e. The molecule has 0 aliphatic rings. The van der Waals surface area contributed by atoms with Gasteiger partial charge in [0.15, 0.2) is 5.16 Å². The Balaban J connectivity index is 1.56. The van der Waals surface area contributed by atoms with E-state index in [9.17, 15) is 14.7 Å². The Labute approximate surface area is 238 Å². The summed E-state index contributed by atoms with van der Waals surface area (Å²) < 4.78 is 8.63. The van der Waals surface area contributed by atoms with Crippen LogP contribution in [0, 0.1) is 7.14 Å². The number of phenolic OH excluding ortho intramolecular Hbond substituents is 1. The Hall–Kier alpha value is -2.65. The Morgan fingerprint density at radius 1 is 1.19 bits per heavy atom. The number of carbonyl (C=O) groups is 1. The zero-order chi connectivity index (χ0) is 25.7. The molecule has 4 aromatic rings. The third kappa shape index (κ3) is 6.18. The number of phenols is 1. The van der Waals surface area contributed by atoms with Crippen LogP contribution in [0.3, 0.4) is 0 Å². The highest BCUT2D eigenvalue weighted by Gasteiger charge is 2.15. The number of benzene rings is 3. The van der Waals surface area contributed by atoms with Crippen molar-refractivity contribution in [2.45, 2.75) is 12.1 Å². The number of nitrogens with one attached hydrogen (secondary N) is 1. The highest BCUT2D eigenvalue weighted by Crippen LogP contribution is 2.26. The maximum Gasteiger partial charge on any atom is 0.266 e. The first kappa shape index (κ1) is 26.4. The number of aromatic hydroxyl groups is 1. The van der Waals surface area contributed by atoms with Crippen LogP contribution >= 0.6 is 56.9 Å². The lowest BCUT2D eigenvalue weighted by molar-refractivity contribution is -0.118. The van der Waals surface area contributed by atoms with Crippen molar-refractivity contribution in [1.29, 1.82) is 0 Å². The molecular weight excluding hydrogens is 706 g/mol. The average molecular weight is 726 g/mol. The molecule has 0 aliphatic carbocycles. The van der Waals surface area contributed by atoms with Gasteiger partial charge < -0.3 is 9.84 Å². The Morgan fingerprint density at radius 3 is 2.69 bits per heavy atom. The largest absolute Gasteiger partial charge is 0.506 e. The van der Waals surface area contributed by atoms with E-state index in [1.807, 2.05) is 41.6 Å². The lowest BCUT2D eigenvalue weighted by atomic mass is 10.2. The molecule has 4 rings (SSSR count). The van der Waals surface area contributed by atoms with Crippen molar-refractivity contribution in [3.8, 4) is 17.2 Å². The molecule has 0 aliphatic heterocycles. The number of hydrogen-bond acceptors (Lipinski definition) is 7. The molecule has 0 fully saturated rings. The van der Waals surface area contributed by atoms with Crippen LogP contribution in [0.15, 0.2) is 75.7 Å². The molecule has 0 saturated heterocycles. The summed E-state index contributed by atoms with van der Waals surface area (Å²) in [5.41, 5.74) is 3.90. The summed E-state index contributed by atoms with van der Waals surface area (Å²) in [7, 11) is 0. The van der Waals surface area contributed by atoms with E-state index in [1.54, 1.807) is 48.5 Å². The van der Waals surface area contributed by atoms with Gasteiger partial charge in [-0.2, -0.15) is 5.10 Å². The van der Waals surface area contributed by atoms with E-state index in [4.69, 9.17) is 4.74 Å². The van der Waals surface area contributed by atoms with Gasteiger partial charge in [0.05, 0.1) is 38.7 Å². The number of carbonyl (C=O) groups excluding carboxylic acids is 1. The van der Waals surface area contributed by atoms with Crippen molar-refractivity contribution >= 4 is 80.0 Å². The summed E-state index contributed by atoms with van der Waals surface area (Å²) in [6.45, 7) is 2.44. The molecule has 0 atom stereocenters. The second-order valence-corrected chi connectivity index (χ2v) is 10.7. The molecule has 184 valence electrons. The number of hydrazone groups is 1. The molecule has 3 aromatic carbocycles. The lowest BCUT2D eigenvalue weighted by Gasteiger charge is -2.13. The first-order valence-electron chi connectivity index (χ1n) is 10.7. The molecule has 0 unspecified atom stereocenters. The summed E-state index contributed by atoms with van der Waals surface area (Å²) in [4.78, 5) is 30.5. The van der Waals surface area contributed by atoms with Crippen molar-refractivity contribution in [2.24, 2.45) is 5.10 Å². The monoisotopic (exact) mass is 726 g/mol. The van der Waals surface area contributed by atoms with Crippen molar-refractivity contribution in [3.63, 3.8) is 0 Å². The molecule has 0 saturated carbocycles. The summed E-state index contributed by atoms with van der Waals surface area (Å²) in [6.07, 6.45) is 1.40. The predicted molar refractivity (Wildman–Crippen MR) is 159 cm³/mol. The van der Waals surface area contributed by atoms with Crippen LogP contribution in [0.1, 0.15) is 12.5 Å². The number of para-hydroxylation sites is 1. The number of halogens is 2. The van der Waals surface area contributed by atoms with Gasteiger partial charge in [0, 0.05) is 9.13 Å². The number of ether oxygens (including phenoxy) is 1. The molecule has 8 nitrogen and oxygen atoms in total. The highest BCUT2D eigenvalue weighted by atomic mass is 127. The van der Waals surface area contributed by atoms with Crippen molar-refractivity contribution in [3.05, 3.63) is 83.7 Å². The van der Waals surface area contributed by atoms with Crippen LogP contribution < -0.4 is 15.7 Å². The molecule has 2 N–H and O–H groups in total. The average Bonchev–Trinajstić information content (AvgIpc) is 2.86. The third-order valence-electron chi connectivity index (χ3n) is 4.93. The zero-order valence-electron chi connectivity index (χ0n) is 18.9. The number of hydrogen-bond donors (Lipinski definition) is 2. The third-order valence-corrected chi connectivity index (χ3v) is 7.32. The fraction of sp³-hybridized carbons (Fsp3) is 0.120. The van der Waals surface area contributed by atoms with Crippen LogP contribution in [0.5, 0.6) is 11.5 Å². The molecule has 1 aromatic heterocycles. The number of amides is 1. The molecule has 0 bridgehead atoms. The number of nitrogens with zero attached hydrogens (tertiary/aromatic N) is 3. The van der Waals surface area contributed by atoms with E-state index in [0.717, 1.165) is 15.3 Å². The first-order valence-corrected chi connectivity index (χ1v) is 13.9. The maximum absolute atomic E-state index is 13.4. The molecule has 36 heavy (non-hydrogen) atoms. The van der Waals surface area contributed by atoms with E-state index in [0.29, 0.717) is 43.2 Å². The Kier molecular flexibility index (Phi) is 8.85. The van der Waals surface area contributed by atoms with E-state index in [2.05, 4.69) is 38.1 Å². The van der Waals surface area contributed by atoms with Gasteiger partial charge in [0.2, 0.25) is 0 Å². The van der Waals surface area contributed by atoms with Gasteiger partial charge in [-0.3, -0.25) is 14.2 Å². The maximum atomic E-state index is 13.4. The van der Waals surface area contributed by atoms with Gasteiger partial charge in [0.1, 0.15) is 11.5 Å². The van der Waals surface area contributed by atoms with Gasteiger partial charge >= 0.3 is 0 Å². The number of aromatic nitrogens is 2. The Morgan fingerprint density at radius 2 is 1.94 bits per heavy atom. The summed E-state index contributed by atoms with van der Waals surface area (Å²) in [5.74, 6) is 0.401. The van der Waals surface area contributed by atoms with Crippen molar-refractivity contribution < 1.29 is 14.6 Å². The van der Waals surface area contributed by atoms with Gasteiger partial charge in [-0.05, 0) is 101 Å². The fourth-order valence-electron chi connectivity index (χ4n) is 3.32. The van der Waals surface area contributed by atoms with Gasteiger partial charge in [-0.15, -0.1) is 0 Å². The highest BCUT2D eigenvalue weighted by molar-refractivity contribution is 14.1. The summed E-state index contributed by atoms with van der Waals surface area (Å²) in [5, 5.41) is 15.0. The summed E-state index contributed by atoms with van der Waals surface area (Å²) in [6, 6.07) is 17.8. The standard InChI is InChI=1S/C25H20I2N4O4S/c1-2-35-18-9-7-17(8-10-18)31-24(34)19-5-3-4-6-21(19)29-25(31)36-14-22(32)30-28-13-15-11-16(26)12-20(27)23(15)33/h3-13,33H,2,14H2,1H3,(H,30,32)/b28-13+. The first-order chi connectivity index (χ1) is 17.4. The minimum atomic E-state index is -0.378. The van der Waals surface area contributed by atoms with E-state index >= 15 is 0 Å². The fourth-order valence-corrected chi connectivity index (χ4v) is 6.01. The molecule has 1 heterocycles. The van der Waals surface area contributed by atoms with Crippen molar-refractivity contribution in [1.82, 2.24) is 15.0 Å². The van der Waals surface area contributed by atoms with Gasteiger partial charge in [-0.25, -0.2) is 10.4 Å². The quantitative estimate of drug-likeness (QED) is 0.0877. The number of rotatable bonds is 8. The van der Waals surface area contributed by atoms with Crippen LogP contribution in [0.2, 0.25) is 0 Å². The molecule has 0 radical (unpaired) electrons. The normalized spacial score (nSPS) is 11.2. The minimum Gasteiger partial charge on any atom is -0.506 e. The van der Waals surface area contributed by atoms with Gasteiger partial charge in [-0.1, -0.05) is 23.9 Å². The zero-order valence-corrected chi connectivity index (χ0v) is 24.1. The predicted octanol–water partition coefficient (Wildman–Crippen LogP) is 4.94. The number of thioether (sulfide) groups is 1. The van der Waals surface area contributed by atoms with Crippen LogP contribution in [-0.2, 0) is 4.79 Å². The Bertz CT molecular complexity index is 1510. The second-order valence-electron chi connectivity index (χ2n) is 7.39. The van der Waals surface area contributed by atoms with Crippen LogP contribution in [-0.4, -0.2) is 39.1 Å². The topological polar surface area (TPSA) is 106 Å². The van der Waals surface area contributed by atoms with Gasteiger partial charge in [0.25, 0.3) is 11.5 Å². The number of fused-ring (bicyclic) bond motifs is 1. The van der Waals surface area contributed by atoms with E-state index in [1.165, 1.54) is 10.8 Å². The van der Waals surface area contributed by atoms with E-state index < -0.39 is 0 Å². The van der Waals surface area contributed by atoms with Crippen molar-refractivity contribution in [2.75, 3.05) is 12.4 Å². The minimum absolute atomic E-state index is 0.0189.